The van der Waals surface area contributed by atoms with Crippen LogP contribution in [0.25, 0.3) is 6.08 Å². The van der Waals surface area contributed by atoms with Crippen LogP contribution in [0, 0.1) is 10.1 Å². The lowest BCUT2D eigenvalue weighted by Gasteiger charge is -2.42. The summed E-state index contributed by atoms with van der Waals surface area (Å²) in [5, 5.41) is 42.5. The van der Waals surface area contributed by atoms with E-state index < -0.39 is 48.1 Å². The van der Waals surface area contributed by atoms with Crippen LogP contribution < -0.4 is 14.8 Å². The van der Waals surface area contributed by atoms with Crippen LogP contribution in [0.5, 0.6) is 11.5 Å². The topological polar surface area (TPSA) is 161 Å². The Kier molecular flexibility index (Phi) is 7.29. The van der Waals surface area contributed by atoms with Crippen molar-refractivity contribution in [3.8, 4) is 11.5 Å². The van der Waals surface area contributed by atoms with E-state index in [1.165, 1.54) is 38.3 Å². The Hall–Kier alpha value is -2.73. The number of ether oxygens (including phenoxy) is 3. The fraction of sp³-hybridized carbons (Fsp3) is 0.471. The number of aliphatic hydroxyl groups excluding tert-OH is 3. The lowest BCUT2D eigenvalue weighted by Crippen LogP contribution is -2.65. The van der Waals surface area contributed by atoms with Crippen LogP contribution >= 0.6 is 0 Å². The Labute approximate surface area is 160 Å². The second-order valence-corrected chi connectivity index (χ2v) is 6.06. The van der Waals surface area contributed by atoms with Crippen molar-refractivity contribution in [2.45, 2.75) is 37.6 Å². The summed E-state index contributed by atoms with van der Waals surface area (Å²) in [5.41, 5.74) is 0.479. The number of amides is 1. The second-order valence-electron chi connectivity index (χ2n) is 6.06. The van der Waals surface area contributed by atoms with Gasteiger partial charge < -0.3 is 34.8 Å². The van der Waals surface area contributed by atoms with Gasteiger partial charge in [0, 0.05) is 13.0 Å². The first kappa shape index (κ1) is 21.6. The number of aliphatic hydroxyl groups is 3. The summed E-state index contributed by atoms with van der Waals surface area (Å²) in [5.74, 6) is -0.0960. The van der Waals surface area contributed by atoms with Gasteiger partial charge in [0.25, 0.3) is 0 Å². The Morgan fingerprint density at radius 2 is 2.07 bits per heavy atom. The maximum absolute atomic E-state index is 11.5. The third-order valence-electron chi connectivity index (χ3n) is 4.07. The molecule has 0 radical (unpaired) electrons. The molecule has 5 unspecified atom stereocenters. The molecular formula is C17H22N2O9. The van der Waals surface area contributed by atoms with Gasteiger partial charge in [-0.25, -0.2) is 0 Å². The van der Waals surface area contributed by atoms with Crippen LogP contribution in [-0.2, 0) is 9.53 Å². The van der Waals surface area contributed by atoms with E-state index in [-0.39, 0.29) is 11.5 Å². The average molecular weight is 398 g/mol. The van der Waals surface area contributed by atoms with E-state index in [0.29, 0.717) is 5.56 Å². The van der Waals surface area contributed by atoms with Gasteiger partial charge in [-0.3, -0.25) is 14.9 Å². The molecule has 1 aromatic carbocycles. The fourth-order valence-corrected chi connectivity index (χ4v) is 2.73. The summed E-state index contributed by atoms with van der Waals surface area (Å²) in [6.07, 6.45) is -3.21. The first-order chi connectivity index (χ1) is 13.3. The smallest absolute Gasteiger partial charge is 0.235 e. The zero-order valence-electron chi connectivity index (χ0n) is 15.2. The molecule has 1 fully saturated rings. The third kappa shape index (κ3) is 5.16. The molecular weight excluding hydrogens is 376 g/mol. The molecule has 154 valence electrons. The minimum Gasteiger partial charge on any atom is -0.493 e. The predicted octanol–water partition coefficient (Wildman–Crippen LogP) is -0.735. The molecule has 0 spiro atoms. The summed E-state index contributed by atoms with van der Waals surface area (Å²) in [6.45, 7) is 0.651. The van der Waals surface area contributed by atoms with E-state index in [2.05, 4.69) is 5.32 Å². The quantitative estimate of drug-likeness (QED) is 0.343. The first-order valence-corrected chi connectivity index (χ1v) is 8.32. The number of carbonyl (C=O) groups excluding carboxylic acids is 1. The molecule has 1 aliphatic rings. The van der Waals surface area contributed by atoms with Crippen molar-refractivity contribution in [2.75, 3.05) is 13.7 Å². The van der Waals surface area contributed by atoms with Crippen LogP contribution in [0.4, 0.5) is 0 Å². The van der Waals surface area contributed by atoms with Gasteiger partial charge >= 0.3 is 0 Å². The monoisotopic (exact) mass is 398 g/mol. The number of rotatable bonds is 7. The molecule has 1 amide bonds. The van der Waals surface area contributed by atoms with Gasteiger partial charge in [-0.1, -0.05) is 6.07 Å². The largest absolute Gasteiger partial charge is 0.493 e. The van der Waals surface area contributed by atoms with Crippen LogP contribution in [0.2, 0.25) is 0 Å². The van der Waals surface area contributed by atoms with Crippen LogP contribution in [0.3, 0.4) is 0 Å². The number of nitro groups is 1. The van der Waals surface area contributed by atoms with Crippen molar-refractivity contribution < 1.29 is 39.2 Å². The number of hydrogen-bond acceptors (Lipinski definition) is 9. The summed E-state index contributed by atoms with van der Waals surface area (Å²) in [7, 11) is 1.37. The van der Waals surface area contributed by atoms with Crippen molar-refractivity contribution in [2.24, 2.45) is 0 Å². The molecule has 1 heterocycles. The zero-order valence-corrected chi connectivity index (χ0v) is 15.2. The zero-order chi connectivity index (χ0) is 20.8. The molecule has 11 nitrogen and oxygen atoms in total. The van der Waals surface area contributed by atoms with Crippen molar-refractivity contribution in [1.29, 1.82) is 0 Å². The Morgan fingerprint density at radius 3 is 2.64 bits per heavy atom. The normalized spacial score (nSPS) is 27.4. The number of hydrogen-bond donors (Lipinski definition) is 4. The van der Waals surface area contributed by atoms with Crippen LogP contribution in [-0.4, -0.2) is 70.5 Å². The molecule has 1 aromatic rings. The van der Waals surface area contributed by atoms with E-state index >= 15 is 0 Å². The lowest BCUT2D eigenvalue weighted by molar-refractivity contribution is -0.400. The highest BCUT2D eigenvalue weighted by Crippen LogP contribution is 2.32. The first-order valence-electron chi connectivity index (χ1n) is 8.32. The Bertz CT molecular complexity index is 739. The minimum absolute atomic E-state index is 0.168. The Morgan fingerprint density at radius 1 is 1.36 bits per heavy atom. The lowest BCUT2D eigenvalue weighted by atomic mass is 9.97. The number of nitrogens with one attached hydrogen (secondary N) is 1. The van der Waals surface area contributed by atoms with Gasteiger partial charge in [-0.15, -0.1) is 0 Å². The van der Waals surface area contributed by atoms with Crippen molar-refractivity contribution >= 4 is 12.0 Å². The molecule has 11 heteroatoms. The highest BCUT2D eigenvalue weighted by atomic mass is 16.7. The maximum atomic E-state index is 11.5. The third-order valence-corrected chi connectivity index (χ3v) is 4.07. The number of benzene rings is 1. The van der Waals surface area contributed by atoms with E-state index in [9.17, 15) is 30.2 Å². The van der Waals surface area contributed by atoms with Gasteiger partial charge in [0.2, 0.25) is 18.4 Å². The Balaban J connectivity index is 2.28. The molecule has 2 rings (SSSR count). The molecule has 28 heavy (non-hydrogen) atoms. The summed E-state index contributed by atoms with van der Waals surface area (Å²) in [4.78, 5) is 21.3. The standard InChI is InChI=1S/C17H22N2O9/c1-9(21)18-14-16(23)15(22)13(8-20)28-17(14)27-11-4-3-10(5-6-19(24)25)7-12(11)26-2/h3-7,13-17,20,22-23H,8H2,1-2H3,(H,18,21). The number of nitrogens with zero attached hydrogens (tertiary/aromatic N) is 1. The minimum atomic E-state index is -1.45. The molecule has 1 aliphatic heterocycles. The van der Waals surface area contributed by atoms with E-state index in [0.717, 1.165) is 6.20 Å². The fourth-order valence-electron chi connectivity index (χ4n) is 2.73. The predicted molar refractivity (Wildman–Crippen MR) is 95.0 cm³/mol. The highest BCUT2D eigenvalue weighted by molar-refractivity contribution is 5.73. The molecule has 1 saturated heterocycles. The molecule has 0 aromatic heterocycles. The SMILES string of the molecule is COc1cc(C=C[N+](=O)[O-])ccc1OC1OC(CO)C(O)C(O)C1NC(C)=O. The number of methoxy groups -OCH3 is 1. The van der Waals surface area contributed by atoms with Crippen molar-refractivity contribution in [3.63, 3.8) is 0 Å². The van der Waals surface area contributed by atoms with Crippen molar-refractivity contribution in [1.82, 2.24) is 5.32 Å². The van der Waals surface area contributed by atoms with Gasteiger partial charge in [-0.2, -0.15) is 0 Å². The summed E-state index contributed by atoms with van der Waals surface area (Å²) < 4.78 is 16.4. The van der Waals surface area contributed by atoms with E-state index in [1.54, 1.807) is 0 Å². The maximum Gasteiger partial charge on any atom is 0.235 e. The molecule has 5 atom stereocenters. The second kappa shape index (κ2) is 9.46. The average Bonchev–Trinajstić information content (AvgIpc) is 2.66. The highest BCUT2D eigenvalue weighted by Gasteiger charge is 2.46. The van der Waals surface area contributed by atoms with Gasteiger partial charge in [0.05, 0.1) is 18.6 Å². The summed E-state index contributed by atoms with van der Waals surface area (Å²) in [6, 6.07) is 3.37. The van der Waals surface area contributed by atoms with Gasteiger partial charge in [-0.05, 0) is 17.7 Å². The molecule has 0 aliphatic carbocycles. The molecule has 0 bridgehead atoms. The van der Waals surface area contributed by atoms with Crippen LogP contribution in [0.1, 0.15) is 12.5 Å². The molecule has 4 N–H and O–H groups in total. The van der Waals surface area contributed by atoms with Gasteiger partial charge in [0.15, 0.2) is 11.5 Å². The summed E-state index contributed by atoms with van der Waals surface area (Å²) >= 11 is 0. The van der Waals surface area contributed by atoms with Crippen molar-refractivity contribution in [3.05, 3.63) is 40.1 Å². The van der Waals surface area contributed by atoms with E-state index in [4.69, 9.17) is 14.2 Å². The molecule has 0 saturated carbocycles. The van der Waals surface area contributed by atoms with Gasteiger partial charge in [0.1, 0.15) is 24.4 Å². The van der Waals surface area contributed by atoms with E-state index in [1.807, 2.05) is 0 Å². The number of carbonyl (C=O) groups is 1. The van der Waals surface area contributed by atoms with Crippen LogP contribution in [0.15, 0.2) is 24.4 Å².